The highest BCUT2D eigenvalue weighted by Gasteiger charge is 2.16. The third-order valence-electron chi connectivity index (χ3n) is 3.37. The maximum Gasteiger partial charge on any atom is 0.209 e. The van der Waals surface area contributed by atoms with Crippen molar-refractivity contribution in [1.29, 1.82) is 0 Å². The summed E-state index contributed by atoms with van der Waals surface area (Å²) in [6.07, 6.45) is 0.922. The molecule has 0 N–H and O–H groups in total. The first-order valence-corrected chi connectivity index (χ1v) is 6.17. The third-order valence-corrected chi connectivity index (χ3v) is 3.37. The Balaban J connectivity index is 1.84. The third kappa shape index (κ3) is 2.01. The molecule has 1 saturated heterocycles. The molecule has 1 fully saturated rings. The van der Waals surface area contributed by atoms with Crippen molar-refractivity contribution in [2.24, 2.45) is 0 Å². The highest BCUT2D eigenvalue weighted by Crippen LogP contribution is 2.18. The van der Waals surface area contributed by atoms with Crippen LogP contribution in [0.1, 0.15) is 0 Å². The van der Waals surface area contributed by atoms with Crippen molar-refractivity contribution in [2.75, 3.05) is 31.1 Å². The van der Waals surface area contributed by atoms with E-state index in [1.807, 2.05) is 18.2 Å². The molecule has 1 amide bonds. The van der Waals surface area contributed by atoms with E-state index >= 15 is 0 Å². The van der Waals surface area contributed by atoms with Crippen LogP contribution in [0.3, 0.4) is 0 Å². The van der Waals surface area contributed by atoms with Crippen molar-refractivity contribution < 1.29 is 4.79 Å². The van der Waals surface area contributed by atoms with Crippen LogP contribution < -0.4 is 4.90 Å². The van der Waals surface area contributed by atoms with Crippen molar-refractivity contribution >= 4 is 23.1 Å². The minimum Gasteiger partial charge on any atom is -0.353 e. The number of piperazine rings is 1. The summed E-state index contributed by atoms with van der Waals surface area (Å²) in [5.74, 6) is 0.999. The van der Waals surface area contributed by atoms with Crippen LogP contribution in [0, 0.1) is 0 Å². The maximum absolute atomic E-state index is 10.7. The molecule has 0 radical (unpaired) electrons. The van der Waals surface area contributed by atoms with Crippen LogP contribution >= 0.6 is 0 Å². The molecule has 0 bridgehead atoms. The molecule has 4 nitrogen and oxygen atoms in total. The van der Waals surface area contributed by atoms with Gasteiger partial charge >= 0.3 is 0 Å². The number of amides is 1. The summed E-state index contributed by atoms with van der Waals surface area (Å²) in [6.45, 7) is 3.25. The second kappa shape index (κ2) is 4.64. The molecule has 1 aromatic heterocycles. The van der Waals surface area contributed by atoms with Gasteiger partial charge in [0, 0.05) is 31.6 Å². The van der Waals surface area contributed by atoms with E-state index in [4.69, 9.17) is 0 Å². The summed E-state index contributed by atoms with van der Waals surface area (Å²) in [4.78, 5) is 19.4. The fourth-order valence-electron chi connectivity index (χ4n) is 2.29. The molecule has 1 aliphatic heterocycles. The number of rotatable bonds is 2. The topological polar surface area (TPSA) is 36.4 Å². The summed E-state index contributed by atoms with van der Waals surface area (Å²) in [5.41, 5.74) is 1.02. The summed E-state index contributed by atoms with van der Waals surface area (Å²) in [6, 6.07) is 12.3. The van der Waals surface area contributed by atoms with Gasteiger partial charge in [-0.1, -0.05) is 18.2 Å². The highest BCUT2D eigenvalue weighted by atomic mass is 16.1. The number of benzene rings is 1. The predicted molar refractivity (Wildman–Crippen MR) is 71.6 cm³/mol. The van der Waals surface area contributed by atoms with E-state index in [9.17, 15) is 4.79 Å². The lowest BCUT2D eigenvalue weighted by atomic mass is 10.2. The molecule has 4 heteroatoms. The van der Waals surface area contributed by atoms with Crippen molar-refractivity contribution in [2.45, 2.75) is 0 Å². The van der Waals surface area contributed by atoms with E-state index in [1.54, 1.807) is 4.90 Å². The number of anilines is 1. The summed E-state index contributed by atoms with van der Waals surface area (Å²) in [5, 5.41) is 1.16. The van der Waals surface area contributed by atoms with Crippen molar-refractivity contribution in [3.05, 3.63) is 36.4 Å². The lowest BCUT2D eigenvalue weighted by Gasteiger charge is -2.33. The minimum absolute atomic E-state index is 0.776. The van der Waals surface area contributed by atoms with Crippen LogP contribution in [0.5, 0.6) is 0 Å². The number of fused-ring (bicyclic) bond motifs is 1. The molecule has 2 aromatic rings. The van der Waals surface area contributed by atoms with Crippen LogP contribution in [-0.4, -0.2) is 42.5 Å². The highest BCUT2D eigenvalue weighted by molar-refractivity contribution is 5.80. The number of para-hydroxylation sites is 1. The number of aromatic nitrogens is 1. The number of pyridine rings is 1. The average Bonchev–Trinajstić information content (AvgIpc) is 2.47. The summed E-state index contributed by atoms with van der Waals surface area (Å²) in [7, 11) is 0. The van der Waals surface area contributed by atoms with Gasteiger partial charge in [0.2, 0.25) is 6.41 Å². The second-order valence-corrected chi connectivity index (χ2v) is 4.49. The van der Waals surface area contributed by atoms with E-state index in [1.165, 1.54) is 0 Å². The SMILES string of the molecule is O=CN1CCN(c2ccc3ccccc3n2)CC1. The Kier molecular flexibility index (Phi) is 2.84. The first-order chi connectivity index (χ1) is 8.86. The van der Waals surface area contributed by atoms with Gasteiger partial charge in [-0.25, -0.2) is 4.98 Å². The molecule has 0 atom stereocenters. The van der Waals surface area contributed by atoms with E-state index in [0.29, 0.717) is 0 Å². The lowest BCUT2D eigenvalue weighted by molar-refractivity contribution is -0.118. The Morgan fingerprint density at radius 1 is 1.00 bits per heavy atom. The standard InChI is InChI=1S/C14H15N3O/c18-11-16-7-9-17(10-8-16)14-6-5-12-3-1-2-4-13(12)15-14/h1-6,11H,7-10H2. The number of carbonyl (C=O) groups is 1. The quantitative estimate of drug-likeness (QED) is 0.748. The molecule has 0 aliphatic carbocycles. The van der Waals surface area contributed by atoms with Gasteiger partial charge in [-0.15, -0.1) is 0 Å². The molecule has 3 rings (SSSR count). The fourth-order valence-corrected chi connectivity index (χ4v) is 2.29. The predicted octanol–water partition coefficient (Wildman–Crippen LogP) is 1.51. The zero-order valence-corrected chi connectivity index (χ0v) is 10.1. The van der Waals surface area contributed by atoms with Crippen LogP contribution in [-0.2, 0) is 4.79 Å². The number of nitrogens with zero attached hydrogens (tertiary/aromatic N) is 3. The first-order valence-electron chi connectivity index (χ1n) is 6.17. The molecule has 0 spiro atoms. The van der Waals surface area contributed by atoms with Crippen molar-refractivity contribution in [1.82, 2.24) is 9.88 Å². The van der Waals surface area contributed by atoms with Gasteiger partial charge in [-0.05, 0) is 18.2 Å². The zero-order chi connectivity index (χ0) is 12.4. The molecule has 2 heterocycles. The minimum atomic E-state index is 0.776. The average molecular weight is 241 g/mol. The lowest BCUT2D eigenvalue weighted by Crippen LogP contribution is -2.46. The molecule has 92 valence electrons. The molecule has 1 aromatic carbocycles. The molecular formula is C14H15N3O. The number of hydrogen-bond donors (Lipinski definition) is 0. The monoisotopic (exact) mass is 241 g/mol. The molecule has 0 unspecified atom stereocenters. The zero-order valence-electron chi connectivity index (χ0n) is 10.1. The van der Waals surface area contributed by atoms with Gasteiger partial charge in [-0.2, -0.15) is 0 Å². The van der Waals surface area contributed by atoms with Crippen LogP contribution in [0.15, 0.2) is 36.4 Å². The number of hydrogen-bond acceptors (Lipinski definition) is 3. The Hall–Kier alpha value is -2.10. The first kappa shape index (κ1) is 11.0. The van der Waals surface area contributed by atoms with Gasteiger partial charge in [-0.3, -0.25) is 4.79 Å². The maximum atomic E-state index is 10.7. The smallest absolute Gasteiger partial charge is 0.209 e. The van der Waals surface area contributed by atoms with E-state index < -0.39 is 0 Å². The van der Waals surface area contributed by atoms with Gasteiger partial charge in [0.25, 0.3) is 0 Å². The Morgan fingerprint density at radius 2 is 1.78 bits per heavy atom. The summed E-state index contributed by atoms with van der Waals surface area (Å²) >= 11 is 0. The summed E-state index contributed by atoms with van der Waals surface area (Å²) < 4.78 is 0. The Morgan fingerprint density at radius 3 is 2.56 bits per heavy atom. The van der Waals surface area contributed by atoms with Crippen molar-refractivity contribution in [3.8, 4) is 0 Å². The normalized spacial score (nSPS) is 16.0. The Labute approximate surface area is 106 Å². The van der Waals surface area contributed by atoms with Gasteiger partial charge in [0.1, 0.15) is 5.82 Å². The van der Waals surface area contributed by atoms with E-state index in [-0.39, 0.29) is 0 Å². The van der Waals surface area contributed by atoms with Gasteiger partial charge in [0.15, 0.2) is 0 Å². The molecule has 18 heavy (non-hydrogen) atoms. The Bertz CT molecular complexity index is 562. The molecule has 1 aliphatic rings. The van der Waals surface area contributed by atoms with Crippen LogP contribution in [0.4, 0.5) is 5.82 Å². The van der Waals surface area contributed by atoms with E-state index in [2.05, 4.69) is 28.1 Å². The largest absolute Gasteiger partial charge is 0.353 e. The van der Waals surface area contributed by atoms with Crippen LogP contribution in [0.25, 0.3) is 10.9 Å². The number of carbonyl (C=O) groups excluding carboxylic acids is 1. The van der Waals surface area contributed by atoms with Crippen molar-refractivity contribution in [3.63, 3.8) is 0 Å². The second-order valence-electron chi connectivity index (χ2n) is 4.49. The fraction of sp³-hybridized carbons (Fsp3) is 0.286. The van der Waals surface area contributed by atoms with Gasteiger partial charge < -0.3 is 9.80 Å². The van der Waals surface area contributed by atoms with Crippen LogP contribution in [0.2, 0.25) is 0 Å². The van der Waals surface area contributed by atoms with Gasteiger partial charge in [0.05, 0.1) is 5.52 Å². The molecule has 0 saturated carbocycles. The van der Waals surface area contributed by atoms with E-state index in [0.717, 1.165) is 49.3 Å². The molecular weight excluding hydrogens is 226 g/mol.